The summed E-state index contributed by atoms with van der Waals surface area (Å²) in [5.41, 5.74) is 0. The van der Waals surface area contributed by atoms with Crippen LogP contribution in [0.2, 0.25) is 10.3 Å². The van der Waals surface area contributed by atoms with Gasteiger partial charge in [-0.25, -0.2) is 4.98 Å². The van der Waals surface area contributed by atoms with E-state index in [0.29, 0.717) is 0 Å². The topological polar surface area (TPSA) is 38.7 Å². The summed E-state index contributed by atoms with van der Waals surface area (Å²) in [6.07, 6.45) is 0. The lowest BCUT2D eigenvalue weighted by atomic mass is 10.9. The van der Waals surface area contributed by atoms with Gasteiger partial charge in [-0.3, -0.25) is 0 Å². The van der Waals surface area contributed by atoms with Crippen molar-refractivity contribution >= 4 is 35.8 Å². The number of thiol groups is 1. The molecule has 0 aliphatic carbocycles. The number of halogens is 2. The second-order valence-corrected chi connectivity index (χ2v) is 2.31. The van der Waals surface area contributed by atoms with E-state index in [0.717, 1.165) is 0 Å². The maximum atomic E-state index is 5.42. The van der Waals surface area contributed by atoms with Crippen molar-refractivity contribution in [2.45, 2.75) is 5.16 Å². The monoisotopic (exact) mass is 181 g/mol. The van der Waals surface area contributed by atoms with Crippen LogP contribution in [-0.2, 0) is 0 Å². The molecule has 48 valence electrons. The van der Waals surface area contributed by atoms with Crippen LogP contribution in [0.15, 0.2) is 5.16 Å². The standard InChI is InChI=1S/C3HCl2N3S/c4-1-2(5)7-8-3(9)6-1/h(H,6,8,9). The average Bonchev–Trinajstić information content (AvgIpc) is 1.80. The van der Waals surface area contributed by atoms with Crippen LogP contribution in [0.25, 0.3) is 0 Å². The van der Waals surface area contributed by atoms with Gasteiger partial charge in [0, 0.05) is 0 Å². The van der Waals surface area contributed by atoms with Crippen LogP contribution in [0, 0.1) is 0 Å². The molecule has 0 atom stereocenters. The van der Waals surface area contributed by atoms with Crippen molar-refractivity contribution in [3.63, 3.8) is 0 Å². The minimum atomic E-state index is 0.0921. The lowest BCUT2D eigenvalue weighted by molar-refractivity contribution is 0.844. The number of nitrogens with zero attached hydrogens (tertiary/aromatic N) is 3. The minimum absolute atomic E-state index is 0.0921. The van der Waals surface area contributed by atoms with Crippen LogP contribution in [0.5, 0.6) is 0 Å². The van der Waals surface area contributed by atoms with E-state index in [1.807, 2.05) is 0 Å². The lowest BCUT2D eigenvalue weighted by Gasteiger charge is -1.90. The molecule has 6 heteroatoms. The third-order valence-corrected chi connectivity index (χ3v) is 1.40. The van der Waals surface area contributed by atoms with Crippen molar-refractivity contribution in [3.05, 3.63) is 10.3 Å². The molecular formula is C3HCl2N3S. The quantitative estimate of drug-likeness (QED) is 0.617. The molecule has 0 aliphatic rings. The fourth-order valence-corrected chi connectivity index (χ4v) is 0.688. The van der Waals surface area contributed by atoms with E-state index in [-0.39, 0.29) is 15.5 Å². The van der Waals surface area contributed by atoms with E-state index in [9.17, 15) is 0 Å². The maximum absolute atomic E-state index is 5.42. The van der Waals surface area contributed by atoms with Crippen LogP contribution >= 0.6 is 35.8 Å². The van der Waals surface area contributed by atoms with Gasteiger partial charge < -0.3 is 0 Å². The minimum Gasteiger partial charge on any atom is -0.206 e. The molecule has 0 saturated carbocycles. The number of hydrogen-bond acceptors (Lipinski definition) is 4. The Balaban J connectivity index is 3.17. The van der Waals surface area contributed by atoms with E-state index in [4.69, 9.17) is 23.2 Å². The fraction of sp³-hybridized carbons (Fsp3) is 0. The molecular weight excluding hydrogens is 181 g/mol. The van der Waals surface area contributed by atoms with Crippen LogP contribution in [0.4, 0.5) is 0 Å². The first-order valence-corrected chi connectivity index (χ1v) is 3.15. The van der Waals surface area contributed by atoms with Crippen molar-refractivity contribution in [2.75, 3.05) is 0 Å². The number of hydrogen-bond donors (Lipinski definition) is 1. The van der Waals surface area contributed by atoms with Gasteiger partial charge in [0.1, 0.15) is 0 Å². The van der Waals surface area contributed by atoms with E-state index in [1.54, 1.807) is 0 Å². The Labute approximate surface area is 66.8 Å². The molecule has 0 saturated heterocycles. The third kappa shape index (κ3) is 1.67. The SMILES string of the molecule is Sc1nnc(Cl)c(Cl)n1. The first kappa shape index (κ1) is 7.05. The third-order valence-electron chi connectivity index (χ3n) is 0.596. The smallest absolute Gasteiger partial charge is 0.206 e. The summed E-state index contributed by atoms with van der Waals surface area (Å²) < 4.78 is 0. The highest BCUT2D eigenvalue weighted by molar-refractivity contribution is 7.80. The molecule has 0 bridgehead atoms. The zero-order chi connectivity index (χ0) is 6.85. The number of rotatable bonds is 0. The second kappa shape index (κ2) is 2.68. The molecule has 1 aromatic rings. The molecule has 0 amide bonds. The molecule has 9 heavy (non-hydrogen) atoms. The normalized spacial score (nSPS) is 9.67. The second-order valence-electron chi connectivity index (χ2n) is 1.19. The predicted molar refractivity (Wildman–Crippen MR) is 37.1 cm³/mol. The van der Waals surface area contributed by atoms with Gasteiger partial charge in [-0.2, -0.15) is 0 Å². The summed E-state index contributed by atoms with van der Waals surface area (Å²) in [6, 6.07) is 0. The van der Waals surface area contributed by atoms with Crippen molar-refractivity contribution in [2.24, 2.45) is 0 Å². The summed E-state index contributed by atoms with van der Waals surface area (Å²) >= 11 is 14.6. The zero-order valence-corrected chi connectivity index (χ0v) is 6.45. The molecule has 1 heterocycles. The molecule has 1 aromatic heterocycles. The van der Waals surface area contributed by atoms with Crippen LogP contribution in [0.3, 0.4) is 0 Å². The van der Waals surface area contributed by atoms with Gasteiger partial charge in [0.25, 0.3) is 0 Å². The van der Waals surface area contributed by atoms with Crippen molar-refractivity contribution in [1.29, 1.82) is 0 Å². The Kier molecular flexibility index (Phi) is 2.10. The number of aromatic nitrogens is 3. The molecule has 0 spiro atoms. The first-order chi connectivity index (χ1) is 4.20. The molecule has 0 fully saturated rings. The highest BCUT2D eigenvalue weighted by atomic mass is 35.5. The Bertz CT molecular complexity index is 228. The Morgan fingerprint density at radius 1 is 1.11 bits per heavy atom. The summed E-state index contributed by atoms with van der Waals surface area (Å²) in [7, 11) is 0. The van der Waals surface area contributed by atoms with Gasteiger partial charge in [0.15, 0.2) is 10.3 Å². The molecule has 0 aliphatic heterocycles. The highest BCUT2D eigenvalue weighted by Gasteiger charge is 1.99. The fourth-order valence-electron chi connectivity index (χ4n) is 0.286. The van der Waals surface area contributed by atoms with Gasteiger partial charge in [-0.05, 0) is 0 Å². The summed E-state index contributed by atoms with van der Waals surface area (Å²) in [5.74, 6) is 0. The van der Waals surface area contributed by atoms with E-state index in [1.165, 1.54) is 0 Å². The zero-order valence-electron chi connectivity index (χ0n) is 4.04. The largest absolute Gasteiger partial charge is 0.207 e. The molecule has 0 aromatic carbocycles. The highest BCUT2D eigenvalue weighted by Crippen LogP contribution is 2.14. The molecule has 0 radical (unpaired) electrons. The maximum Gasteiger partial charge on any atom is 0.207 e. The van der Waals surface area contributed by atoms with Crippen LogP contribution < -0.4 is 0 Å². The Morgan fingerprint density at radius 3 is 2.22 bits per heavy atom. The van der Waals surface area contributed by atoms with Crippen LogP contribution in [-0.4, -0.2) is 15.2 Å². The Morgan fingerprint density at radius 2 is 1.78 bits per heavy atom. The van der Waals surface area contributed by atoms with E-state index in [2.05, 4.69) is 27.8 Å². The summed E-state index contributed by atoms with van der Waals surface area (Å²) in [5, 5.41) is 7.28. The van der Waals surface area contributed by atoms with E-state index < -0.39 is 0 Å². The van der Waals surface area contributed by atoms with Gasteiger partial charge in [0.05, 0.1) is 0 Å². The first-order valence-electron chi connectivity index (χ1n) is 1.95. The van der Waals surface area contributed by atoms with Gasteiger partial charge in [-0.1, -0.05) is 23.2 Å². The molecule has 0 unspecified atom stereocenters. The summed E-state index contributed by atoms with van der Waals surface area (Å²) in [6.45, 7) is 0. The molecule has 1 rings (SSSR count). The molecule has 0 N–H and O–H groups in total. The lowest BCUT2D eigenvalue weighted by Crippen LogP contribution is -1.88. The van der Waals surface area contributed by atoms with Crippen LogP contribution in [0.1, 0.15) is 0 Å². The van der Waals surface area contributed by atoms with E-state index >= 15 is 0 Å². The van der Waals surface area contributed by atoms with Crippen molar-refractivity contribution in [3.8, 4) is 0 Å². The van der Waals surface area contributed by atoms with Gasteiger partial charge in [-0.15, -0.1) is 22.8 Å². The summed E-state index contributed by atoms with van der Waals surface area (Å²) in [4.78, 5) is 3.60. The predicted octanol–water partition coefficient (Wildman–Crippen LogP) is 1.47. The average molecular weight is 182 g/mol. The molecule has 3 nitrogen and oxygen atoms in total. The van der Waals surface area contributed by atoms with Gasteiger partial charge >= 0.3 is 0 Å². The van der Waals surface area contributed by atoms with Crippen molar-refractivity contribution < 1.29 is 0 Å². The Hall–Kier alpha value is -0.0600. The van der Waals surface area contributed by atoms with Crippen molar-refractivity contribution in [1.82, 2.24) is 15.2 Å². The van der Waals surface area contributed by atoms with Gasteiger partial charge in [0.2, 0.25) is 5.16 Å².